The number of methoxy groups -OCH3 is 2. The second-order valence-electron chi connectivity index (χ2n) is 6.15. The van der Waals surface area contributed by atoms with Crippen molar-refractivity contribution in [2.75, 3.05) is 14.2 Å². The fourth-order valence-electron chi connectivity index (χ4n) is 2.77. The molecule has 2 aromatic heterocycles. The number of esters is 1. The summed E-state index contributed by atoms with van der Waals surface area (Å²) in [7, 11) is 2.99. The molecule has 0 bridgehead atoms. The van der Waals surface area contributed by atoms with Crippen LogP contribution < -0.4 is 15.0 Å². The Bertz CT molecular complexity index is 1150. The van der Waals surface area contributed by atoms with Crippen molar-refractivity contribution in [3.8, 4) is 11.5 Å². The number of aryl methyl sites for hydroxylation is 1. The Morgan fingerprint density at radius 3 is 2.76 bits per heavy atom. The van der Waals surface area contributed by atoms with Gasteiger partial charge in [-0.15, -0.1) is 0 Å². The van der Waals surface area contributed by atoms with Crippen LogP contribution in [0.5, 0.6) is 11.5 Å². The van der Waals surface area contributed by atoms with Crippen LogP contribution in [0.15, 0.2) is 47.4 Å². The van der Waals surface area contributed by atoms with Gasteiger partial charge in [-0.05, 0) is 42.3 Å². The number of fused-ring (bicyclic) bond motifs is 1. The molecule has 0 unspecified atom stereocenters. The third kappa shape index (κ3) is 4.57. The SMILES string of the molecule is COc1cc(/C=C/C(=O)OCc2cc(=O)n3cccc(C)c3n2)cc(Cl)c1OC. The van der Waals surface area contributed by atoms with Gasteiger partial charge in [0.15, 0.2) is 11.5 Å². The van der Waals surface area contributed by atoms with E-state index in [4.69, 9.17) is 25.8 Å². The predicted molar refractivity (Wildman–Crippen MR) is 110 cm³/mol. The van der Waals surface area contributed by atoms with Gasteiger partial charge in [-0.1, -0.05) is 17.7 Å². The third-order valence-corrected chi connectivity index (χ3v) is 4.45. The molecule has 0 spiro atoms. The normalized spacial score (nSPS) is 11.0. The standard InChI is InChI=1S/C21H19ClN2O5/c1-13-5-4-8-24-18(25)11-15(23-21(13)24)12-29-19(26)7-6-14-9-16(22)20(28-3)17(10-14)27-2/h4-11H,12H2,1-3H3/b7-6+. The molecule has 0 atom stereocenters. The van der Waals surface area contributed by atoms with E-state index in [1.165, 1.54) is 30.8 Å². The summed E-state index contributed by atoms with van der Waals surface area (Å²) in [6, 6.07) is 8.30. The number of rotatable bonds is 6. The first-order valence-electron chi connectivity index (χ1n) is 8.67. The van der Waals surface area contributed by atoms with Crippen LogP contribution in [0.3, 0.4) is 0 Å². The summed E-state index contributed by atoms with van der Waals surface area (Å²) in [5.74, 6) is 0.282. The molecule has 0 radical (unpaired) electrons. The molecule has 0 aliphatic rings. The number of halogens is 1. The molecule has 0 aliphatic carbocycles. The second-order valence-corrected chi connectivity index (χ2v) is 6.56. The average molecular weight is 415 g/mol. The highest BCUT2D eigenvalue weighted by Gasteiger charge is 2.10. The molecule has 0 amide bonds. The minimum atomic E-state index is -0.581. The molecule has 3 rings (SSSR count). The molecule has 7 nitrogen and oxygen atoms in total. The zero-order valence-electron chi connectivity index (χ0n) is 16.1. The van der Waals surface area contributed by atoms with Crippen molar-refractivity contribution in [3.63, 3.8) is 0 Å². The summed E-state index contributed by atoms with van der Waals surface area (Å²) in [6.45, 7) is 1.74. The minimum absolute atomic E-state index is 0.115. The molecule has 0 saturated heterocycles. The lowest BCUT2D eigenvalue weighted by Gasteiger charge is -2.10. The van der Waals surface area contributed by atoms with E-state index in [0.29, 0.717) is 33.4 Å². The average Bonchev–Trinajstić information content (AvgIpc) is 2.71. The van der Waals surface area contributed by atoms with E-state index in [1.54, 1.807) is 30.5 Å². The van der Waals surface area contributed by atoms with Gasteiger partial charge in [0, 0.05) is 18.3 Å². The van der Waals surface area contributed by atoms with Gasteiger partial charge < -0.3 is 14.2 Å². The van der Waals surface area contributed by atoms with Crippen molar-refractivity contribution in [1.29, 1.82) is 0 Å². The van der Waals surface area contributed by atoms with E-state index in [1.807, 2.05) is 13.0 Å². The van der Waals surface area contributed by atoms with Gasteiger partial charge in [-0.3, -0.25) is 9.20 Å². The predicted octanol–water partition coefficient (Wildman–Crippen LogP) is 3.43. The molecule has 0 aliphatic heterocycles. The van der Waals surface area contributed by atoms with Crippen LogP contribution in [0.2, 0.25) is 5.02 Å². The van der Waals surface area contributed by atoms with Crippen molar-refractivity contribution in [2.24, 2.45) is 0 Å². The van der Waals surface area contributed by atoms with E-state index in [0.717, 1.165) is 5.56 Å². The molecule has 8 heteroatoms. The molecular formula is C21H19ClN2O5. The Morgan fingerprint density at radius 1 is 1.24 bits per heavy atom. The molecule has 0 saturated carbocycles. The van der Waals surface area contributed by atoms with Crippen LogP contribution in [0, 0.1) is 6.92 Å². The van der Waals surface area contributed by atoms with Crippen LogP contribution in [0.1, 0.15) is 16.8 Å². The molecule has 0 fully saturated rings. The summed E-state index contributed by atoms with van der Waals surface area (Å²) in [5, 5.41) is 0.357. The van der Waals surface area contributed by atoms with E-state index < -0.39 is 5.97 Å². The number of aromatic nitrogens is 2. The lowest BCUT2D eigenvalue weighted by molar-refractivity contribution is -0.139. The van der Waals surface area contributed by atoms with E-state index in [-0.39, 0.29) is 12.2 Å². The van der Waals surface area contributed by atoms with Crippen LogP contribution in [-0.4, -0.2) is 29.6 Å². The van der Waals surface area contributed by atoms with Crippen LogP contribution in [0.4, 0.5) is 0 Å². The topological polar surface area (TPSA) is 79.1 Å². The van der Waals surface area contributed by atoms with Crippen molar-refractivity contribution < 1.29 is 19.0 Å². The maximum Gasteiger partial charge on any atom is 0.331 e. The number of benzene rings is 1. The van der Waals surface area contributed by atoms with Crippen molar-refractivity contribution in [1.82, 2.24) is 9.38 Å². The zero-order chi connectivity index (χ0) is 21.0. The smallest absolute Gasteiger partial charge is 0.331 e. The van der Waals surface area contributed by atoms with Gasteiger partial charge in [0.25, 0.3) is 5.56 Å². The second kappa shape index (κ2) is 8.79. The van der Waals surface area contributed by atoms with Gasteiger partial charge in [0.1, 0.15) is 12.3 Å². The Hall–Kier alpha value is -3.32. The van der Waals surface area contributed by atoms with Crippen molar-refractivity contribution in [3.05, 3.63) is 74.8 Å². The number of hydrogen-bond acceptors (Lipinski definition) is 6. The van der Waals surface area contributed by atoms with Gasteiger partial charge in [0.2, 0.25) is 0 Å². The fourth-order valence-corrected chi connectivity index (χ4v) is 3.07. The first kappa shape index (κ1) is 20.4. The molecule has 1 aromatic carbocycles. The molecule has 29 heavy (non-hydrogen) atoms. The van der Waals surface area contributed by atoms with E-state index in [2.05, 4.69) is 4.98 Å². The van der Waals surface area contributed by atoms with Gasteiger partial charge in [-0.25, -0.2) is 9.78 Å². The van der Waals surface area contributed by atoms with Gasteiger partial charge in [-0.2, -0.15) is 0 Å². The summed E-state index contributed by atoms with van der Waals surface area (Å²) < 4.78 is 17.0. The van der Waals surface area contributed by atoms with Crippen molar-refractivity contribution >= 4 is 29.3 Å². The Balaban J connectivity index is 1.72. The molecule has 0 N–H and O–H groups in total. The Kier molecular flexibility index (Phi) is 6.19. The fraction of sp³-hybridized carbons (Fsp3) is 0.190. The maximum atomic E-state index is 12.2. The largest absolute Gasteiger partial charge is 0.493 e. The lowest BCUT2D eigenvalue weighted by Crippen LogP contribution is -2.17. The lowest BCUT2D eigenvalue weighted by atomic mass is 10.2. The molecule has 2 heterocycles. The van der Waals surface area contributed by atoms with E-state index >= 15 is 0 Å². The first-order chi connectivity index (χ1) is 13.9. The van der Waals surface area contributed by atoms with Crippen LogP contribution in [0.25, 0.3) is 11.7 Å². The Labute approximate surface area is 172 Å². The van der Waals surface area contributed by atoms with Crippen LogP contribution >= 0.6 is 11.6 Å². The number of hydrogen-bond donors (Lipinski definition) is 0. The van der Waals surface area contributed by atoms with Gasteiger partial charge in [0.05, 0.1) is 24.9 Å². The Morgan fingerprint density at radius 2 is 2.03 bits per heavy atom. The molecular weight excluding hydrogens is 396 g/mol. The summed E-state index contributed by atoms with van der Waals surface area (Å²) in [5.41, 5.74) is 2.16. The number of carbonyl (C=O) groups is 1. The highest BCUT2D eigenvalue weighted by Crippen LogP contribution is 2.36. The number of carbonyl (C=O) groups excluding carboxylic acids is 1. The molecule has 3 aromatic rings. The number of pyridine rings is 1. The summed E-state index contributed by atoms with van der Waals surface area (Å²) >= 11 is 6.15. The van der Waals surface area contributed by atoms with Crippen molar-refractivity contribution in [2.45, 2.75) is 13.5 Å². The summed E-state index contributed by atoms with van der Waals surface area (Å²) in [4.78, 5) is 28.6. The summed E-state index contributed by atoms with van der Waals surface area (Å²) in [6.07, 6.45) is 4.45. The highest BCUT2D eigenvalue weighted by molar-refractivity contribution is 6.32. The van der Waals surface area contributed by atoms with Gasteiger partial charge >= 0.3 is 5.97 Å². The quantitative estimate of drug-likeness (QED) is 0.454. The first-order valence-corrected chi connectivity index (χ1v) is 9.05. The van der Waals surface area contributed by atoms with Crippen LogP contribution in [-0.2, 0) is 16.1 Å². The number of nitrogens with zero attached hydrogens (tertiary/aromatic N) is 2. The number of ether oxygens (including phenoxy) is 3. The zero-order valence-corrected chi connectivity index (χ0v) is 16.9. The minimum Gasteiger partial charge on any atom is -0.493 e. The van der Waals surface area contributed by atoms with E-state index in [9.17, 15) is 9.59 Å². The maximum absolute atomic E-state index is 12.2. The monoisotopic (exact) mass is 414 g/mol. The third-order valence-electron chi connectivity index (χ3n) is 4.17. The molecule has 150 valence electrons. The highest BCUT2D eigenvalue weighted by atomic mass is 35.5.